The van der Waals surface area contributed by atoms with Gasteiger partial charge in [0, 0.05) is 6.04 Å². The first kappa shape index (κ1) is 14.0. The third kappa shape index (κ3) is 2.23. The minimum atomic E-state index is -0.125. The lowest BCUT2D eigenvalue weighted by Crippen LogP contribution is -2.50. The van der Waals surface area contributed by atoms with Crippen LogP contribution in [0.15, 0.2) is 0 Å². The topological polar surface area (TPSA) is 32.3 Å². The molecule has 1 aliphatic heterocycles. The summed E-state index contributed by atoms with van der Waals surface area (Å²) in [4.78, 5) is 15.3. The molecular weight excluding hydrogens is 260 g/mol. The number of hydrogen-bond donors (Lipinski definition) is 1. The lowest BCUT2D eigenvalue weighted by molar-refractivity contribution is -0.135. The fraction of sp³-hybridized carbons (Fsp3) is 0.944. The Hall–Kier alpha value is -0.570. The van der Waals surface area contributed by atoms with E-state index in [1.165, 1.54) is 44.9 Å². The number of nitrogens with zero attached hydrogens (tertiary/aromatic N) is 1. The van der Waals surface area contributed by atoms with E-state index in [4.69, 9.17) is 0 Å². The van der Waals surface area contributed by atoms with Crippen molar-refractivity contribution in [2.45, 2.75) is 89.4 Å². The van der Waals surface area contributed by atoms with Crippen LogP contribution in [0, 0.1) is 17.8 Å². The van der Waals surface area contributed by atoms with Gasteiger partial charge in [0.05, 0.1) is 11.7 Å². The SMILES string of the molecule is CC1CCC(N2C(=O)C3(CC3)NC2C2CCCC2)CC1C. The zero-order chi connectivity index (χ0) is 14.6. The van der Waals surface area contributed by atoms with Crippen molar-refractivity contribution in [3.63, 3.8) is 0 Å². The quantitative estimate of drug-likeness (QED) is 0.846. The lowest BCUT2D eigenvalue weighted by atomic mass is 9.78. The lowest BCUT2D eigenvalue weighted by Gasteiger charge is -2.41. The Morgan fingerprint density at radius 1 is 1.05 bits per heavy atom. The summed E-state index contributed by atoms with van der Waals surface area (Å²) >= 11 is 0. The molecule has 0 aromatic heterocycles. The average Bonchev–Trinajstić information content (AvgIpc) is 2.94. The molecule has 0 aromatic carbocycles. The van der Waals surface area contributed by atoms with E-state index < -0.39 is 0 Å². The number of amides is 1. The summed E-state index contributed by atoms with van der Waals surface area (Å²) in [5.41, 5.74) is -0.125. The molecule has 3 nitrogen and oxygen atoms in total. The highest BCUT2D eigenvalue weighted by atomic mass is 16.2. The van der Waals surface area contributed by atoms with Gasteiger partial charge in [0.2, 0.25) is 5.91 Å². The molecule has 0 aromatic rings. The van der Waals surface area contributed by atoms with Crippen LogP contribution in [0.4, 0.5) is 0 Å². The van der Waals surface area contributed by atoms with Crippen molar-refractivity contribution in [1.29, 1.82) is 0 Å². The summed E-state index contributed by atoms with van der Waals surface area (Å²) in [5, 5.41) is 3.78. The Bertz CT molecular complexity index is 425. The Balaban J connectivity index is 1.56. The molecule has 4 fully saturated rings. The van der Waals surface area contributed by atoms with Crippen molar-refractivity contribution in [2.24, 2.45) is 17.8 Å². The third-order valence-corrected chi connectivity index (χ3v) is 6.93. The van der Waals surface area contributed by atoms with E-state index in [0.717, 1.165) is 24.7 Å². The Morgan fingerprint density at radius 2 is 1.76 bits per heavy atom. The largest absolute Gasteiger partial charge is 0.322 e. The third-order valence-electron chi connectivity index (χ3n) is 6.93. The molecule has 0 radical (unpaired) electrons. The van der Waals surface area contributed by atoms with Crippen molar-refractivity contribution < 1.29 is 4.79 Å². The van der Waals surface area contributed by atoms with Gasteiger partial charge in [-0.1, -0.05) is 26.7 Å². The molecule has 4 atom stereocenters. The maximum absolute atomic E-state index is 13.0. The second-order valence-corrected chi connectivity index (χ2v) is 8.35. The van der Waals surface area contributed by atoms with Gasteiger partial charge < -0.3 is 4.90 Å². The normalized spacial score (nSPS) is 43.0. The fourth-order valence-electron chi connectivity index (χ4n) is 5.05. The molecule has 4 rings (SSSR count). The summed E-state index contributed by atoms with van der Waals surface area (Å²) in [7, 11) is 0. The van der Waals surface area contributed by atoms with Gasteiger partial charge in [0.1, 0.15) is 0 Å². The van der Waals surface area contributed by atoms with Crippen LogP contribution in [-0.2, 0) is 4.79 Å². The van der Waals surface area contributed by atoms with Gasteiger partial charge in [-0.05, 0) is 62.7 Å². The fourth-order valence-corrected chi connectivity index (χ4v) is 5.05. The molecule has 3 saturated carbocycles. The standard InChI is InChI=1S/C18H30N2O/c1-12-7-8-15(11-13(12)2)20-16(14-5-3-4-6-14)19-18(9-10-18)17(20)21/h12-16,19H,3-11H2,1-2H3. The second kappa shape index (κ2) is 4.97. The van der Waals surface area contributed by atoms with E-state index in [-0.39, 0.29) is 5.54 Å². The van der Waals surface area contributed by atoms with Crippen LogP contribution in [0.5, 0.6) is 0 Å². The first-order valence-electron chi connectivity index (χ1n) is 9.21. The number of carbonyl (C=O) groups is 1. The highest BCUT2D eigenvalue weighted by Crippen LogP contribution is 2.48. The molecule has 4 unspecified atom stereocenters. The van der Waals surface area contributed by atoms with Crippen molar-refractivity contribution in [3.05, 3.63) is 0 Å². The average molecular weight is 290 g/mol. The molecule has 4 aliphatic rings. The molecule has 21 heavy (non-hydrogen) atoms. The van der Waals surface area contributed by atoms with Crippen LogP contribution >= 0.6 is 0 Å². The molecule has 1 amide bonds. The number of nitrogens with one attached hydrogen (secondary N) is 1. The highest BCUT2D eigenvalue weighted by Gasteiger charge is 2.61. The predicted molar refractivity (Wildman–Crippen MR) is 83.7 cm³/mol. The van der Waals surface area contributed by atoms with Gasteiger partial charge in [-0.15, -0.1) is 0 Å². The van der Waals surface area contributed by atoms with Crippen LogP contribution in [-0.4, -0.2) is 28.6 Å². The van der Waals surface area contributed by atoms with Crippen molar-refractivity contribution in [1.82, 2.24) is 10.2 Å². The maximum Gasteiger partial charge on any atom is 0.244 e. The van der Waals surface area contributed by atoms with Crippen LogP contribution in [0.25, 0.3) is 0 Å². The van der Waals surface area contributed by atoms with Gasteiger partial charge in [-0.3, -0.25) is 10.1 Å². The maximum atomic E-state index is 13.0. The summed E-state index contributed by atoms with van der Waals surface area (Å²) in [6.07, 6.45) is 11.6. The second-order valence-electron chi connectivity index (χ2n) is 8.35. The molecule has 3 heteroatoms. The summed E-state index contributed by atoms with van der Waals surface area (Å²) in [6, 6.07) is 0.502. The monoisotopic (exact) mass is 290 g/mol. The van der Waals surface area contributed by atoms with Crippen LogP contribution in [0.1, 0.15) is 71.6 Å². The zero-order valence-electron chi connectivity index (χ0n) is 13.6. The predicted octanol–water partition coefficient (Wildman–Crippen LogP) is 3.29. The van der Waals surface area contributed by atoms with Gasteiger partial charge in [0.15, 0.2) is 0 Å². The Morgan fingerprint density at radius 3 is 2.38 bits per heavy atom. The van der Waals surface area contributed by atoms with E-state index >= 15 is 0 Å². The molecule has 1 heterocycles. The molecule has 1 spiro atoms. The summed E-state index contributed by atoms with van der Waals surface area (Å²) < 4.78 is 0. The first-order valence-corrected chi connectivity index (χ1v) is 9.21. The van der Waals surface area contributed by atoms with Gasteiger partial charge in [0.25, 0.3) is 0 Å². The Kier molecular flexibility index (Phi) is 3.33. The number of carbonyl (C=O) groups excluding carboxylic acids is 1. The number of rotatable bonds is 2. The van der Waals surface area contributed by atoms with E-state index in [0.29, 0.717) is 24.0 Å². The van der Waals surface area contributed by atoms with Gasteiger partial charge in [-0.25, -0.2) is 0 Å². The molecule has 1 N–H and O–H groups in total. The Labute approximate surface area is 128 Å². The highest BCUT2D eigenvalue weighted by molar-refractivity contribution is 5.92. The van der Waals surface area contributed by atoms with E-state index in [1.807, 2.05) is 0 Å². The van der Waals surface area contributed by atoms with Crippen molar-refractivity contribution >= 4 is 5.91 Å². The smallest absolute Gasteiger partial charge is 0.244 e. The first-order chi connectivity index (χ1) is 10.1. The van der Waals surface area contributed by atoms with Crippen molar-refractivity contribution in [3.8, 4) is 0 Å². The molecular formula is C18H30N2O. The van der Waals surface area contributed by atoms with Crippen LogP contribution in [0.3, 0.4) is 0 Å². The summed E-state index contributed by atoms with van der Waals surface area (Å²) in [6.45, 7) is 4.75. The van der Waals surface area contributed by atoms with Crippen LogP contribution in [0.2, 0.25) is 0 Å². The van der Waals surface area contributed by atoms with Gasteiger partial charge in [-0.2, -0.15) is 0 Å². The number of hydrogen-bond acceptors (Lipinski definition) is 2. The minimum absolute atomic E-state index is 0.125. The van der Waals surface area contributed by atoms with E-state index in [9.17, 15) is 4.79 Å². The minimum Gasteiger partial charge on any atom is -0.322 e. The van der Waals surface area contributed by atoms with Gasteiger partial charge >= 0.3 is 0 Å². The molecule has 3 aliphatic carbocycles. The molecule has 118 valence electrons. The zero-order valence-corrected chi connectivity index (χ0v) is 13.6. The molecule has 1 saturated heterocycles. The van der Waals surface area contributed by atoms with E-state index in [2.05, 4.69) is 24.1 Å². The van der Waals surface area contributed by atoms with E-state index in [1.54, 1.807) is 0 Å². The summed E-state index contributed by atoms with van der Waals surface area (Å²) in [5.74, 6) is 2.75. The molecule has 0 bridgehead atoms. The van der Waals surface area contributed by atoms with Crippen LogP contribution < -0.4 is 5.32 Å². The van der Waals surface area contributed by atoms with Crippen molar-refractivity contribution in [2.75, 3.05) is 0 Å².